The molecule has 92 valence electrons. The van der Waals surface area contributed by atoms with E-state index in [0.717, 1.165) is 0 Å². The fourth-order valence-corrected chi connectivity index (χ4v) is 3.30. The molecule has 1 heterocycles. The number of nitrogens with two attached hydrogens (primary N) is 1. The van der Waals surface area contributed by atoms with Crippen LogP contribution < -0.4 is 15.8 Å². The van der Waals surface area contributed by atoms with E-state index in [9.17, 15) is 13.2 Å². The first kappa shape index (κ1) is 11.9. The second-order valence-corrected chi connectivity index (χ2v) is 5.72. The van der Waals surface area contributed by atoms with Gasteiger partial charge in [0.05, 0.1) is 17.7 Å². The number of fused-ring (bicyclic) bond motifs is 1. The van der Waals surface area contributed by atoms with E-state index in [-0.39, 0.29) is 17.1 Å². The van der Waals surface area contributed by atoms with Crippen molar-refractivity contribution in [2.75, 3.05) is 19.0 Å². The van der Waals surface area contributed by atoms with E-state index in [2.05, 4.69) is 5.32 Å². The normalized spacial score (nSPS) is 21.5. The second-order valence-electron chi connectivity index (χ2n) is 3.62. The van der Waals surface area contributed by atoms with E-state index in [1.165, 1.54) is 25.3 Å². The highest BCUT2D eigenvalue weighted by molar-refractivity contribution is 7.93. The predicted octanol–water partition coefficient (Wildman–Crippen LogP) is -0.252. The first-order valence-electron chi connectivity index (χ1n) is 4.93. The van der Waals surface area contributed by atoms with Crippen LogP contribution in [0.15, 0.2) is 23.1 Å². The molecule has 0 saturated heterocycles. The van der Waals surface area contributed by atoms with Crippen molar-refractivity contribution in [3.63, 3.8) is 0 Å². The number of carbonyl (C=O) groups excluding carboxylic acids is 1. The molecule has 0 saturated carbocycles. The molecule has 1 aromatic carbocycles. The summed E-state index contributed by atoms with van der Waals surface area (Å²) >= 11 is 0. The first-order valence-corrected chi connectivity index (χ1v) is 6.48. The van der Waals surface area contributed by atoms with Crippen molar-refractivity contribution >= 4 is 21.4 Å². The van der Waals surface area contributed by atoms with Crippen LogP contribution in [0.5, 0.6) is 5.75 Å². The van der Waals surface area contributed by atoms with Gasteiger partial charge in [0.2, 0.25) is 5.91 Å². The molecule has 0 spiro atoms. The molecule has 1 unspecified atom stereocenters. The van der Waals surface area contributed by atoms with Gasteiger partial charge in [-0.3, -0.25) is 4.79 Å². The molecule has 2 rings (SSSR count). The lowest BCUT2D eigenvalue weighted by Crippen LogP contribution is -2.44. The standard InChI is InChI=1S/C10H12N2O4S/c1-16-6-2-3-8-7(4-6)12-10(13)9(5-11)17(8,14)15/h2-4,9H,5,11H2,1H3,(H,12,13). The minimum absolute atomic E-state index is 0.0772. The van der Waals surface area contributed by atoms with Gasteiger partial charge in [0, 0.05) is 12.6 Å². The van der Waals surface area contributed by atoms with Gasteiger partial charge in [-0.25, -0.2) is 8.42 Å². The smallest absolute Gasteiger partial charge is 0.244 e. The summed E-state index contributed by atoms with van der Waals surface area (Å²) in [6, 6.07) is 4.41. The van der Waals surface area contributed by atoms with Crippen molar-refractivity contribution in [3.05, 3.63) is 18.2 Å². The number of carbonyl (C=O) groups is 1. The van der Waals surface area contributed by atoms with Gasteiger partial charge in [-0.1, -0.05) is 0 Å². The highest BCUT2D eigenvalue weighted by Gasteiger charge is 2.39. The number of anilines is 1. The monoisotopic (exact) mass is 256 g/mol. The molecule has 0 fully saturated rings. The Bertz CT molecular complexity index is 568. The van der Waals surface area contributed by atoms with E-state index in [4.69, 9.17) is 10.5 Å². The van der Waals surface area contributed by atoms with Gasteiger partial charge in [0.25, 0.3) is 0 Å². The molecule has 1 amide bonds. The zero-order chi connectivity index (χ0) is 12.6. The van der Waals surface area contributed by atoms with E-state index < -0.39 is 21.0 Å². The molecule has 6 nitrogen and oxygen atoms in total. The summed E-state index contributed by atoms with van der Waals surface area (Å²) in [4.78, 5) is 11.7. The Morgan fingerprint density at radius 2 is 2.18 bits per heavy atom. The molecule has 0 aliphatic carbocycles. The number of nitrogens with one attached hydrogen (secondary N) is 1. The van der Waals surface area contributed by atoms with Crippen LogP contribution in [0.2, 0.25) is 0 Å². The lowest BCUT2D eigenvalue weighted by Gasteiger charge is -2.24. The SMILES string of the molecule is COc1ccc2c(c1)NC(=O)C(CN)S2(=O)=O. The average Bonchev–Trinajstić information content (AvgIpc) is 2.28. The second kappa shape index (κ2) is 4.01. The third-order valence-electron chi connectivity index (χ3n) is 2.63. The molecule has 0 aromatic heterocycles. The average molecular weight is 256 g/mol. The Kier molecular flexibility index (Phi) is 2.80. The summed E-state index contributed by atoms with van der Waals surface area (Å²) in [7, 11) is -2.24. The maximum Gasteiger partial charge on any atom is 0.244 e. The lowest BCUT2D eigenvalue weighted by atomic mass is 10.2. The number of sulfone groups is 1. The van der Waals surface area contributed by atoms with E-state index in [0.29, 0.717) is 5.75 Å². The largest absolute Gasteiger partial charge is 0.497 e. The van der Waals surface area contributed by atoms with Gasteiger partial charge in [0.15, 0.2) is 15.1 Å². The third kappa shape index (κ3) is 1.77. The van der Waals surface area contributed by atoms with Crippen LogP contribution in [-0.2, 0) is 14.6 Å². The molecule has 0 radical (unpaired) electrons. The number of hydrogen-bond donors (Lipinski definition) is 2. The van der Waals surface area contributed by atoms with E-state index in [1.54, 1.807) is 0 Å². The topological polar surface area (TPSA) is 98.5 Å². The van der Waals surface area contributed by atoms with Crippen molar-refractivity contribution in [3.8, 4) is 5.75 Å². The zero-order valence-corrected chi connectivity index (χ0v) is 9.95. The summed E-state index contributed by atoms with van der Waals surface area (Å²) < 4.78 is 29.1. The number of rotatable bonds is 2. The Hall–Kier alpha value is -1.60. The van der Waals surface area contributed by atoms with Gasteiger partial charge in [-0.15, -0.1) is 0 Å². The minimum atomic E-state index is -3.70. The predicted molar refractivity (Wildman–Crippen MR) is 61.7 cm³/mol. The van der Waals surface area contributed by atoms with Crippen molar-refractivity contribution in [2.24, 2.45) is 5.73 Å². The summed E-state index contributed by atoms with van der Waals surface area (Å²) in [6.07, 6.45) is 0. The third-order valence-corrected chi connectivity index (χ3v) is 4.76. The molecule has 1 aromatic rings. The van der Waals surface area contributed by atoms with Gasteiger partial charge in [-0.2, -0.15) is 0 Å². The number of hydrogen-bond acceptors (Lipinski definition) is 5. The summed E-state index contributed by atoms with van der Waals surface area (Å²) in [6.45, 7) is -0.236. The van der Waals surface area contributed by atoms with E-state index in [1.807, 2.05) is 0 Å². The number of ether oxygens (including phenoxy) is 1. The lowest BCUT2D eigenvalue weighted by molar-refractivity contribution is -0.115. The molecule has 3 N–H and O–H groups in total. The molecule has 1 atom stereocenters. The van der Waals surface area contributed by atoms with Crippen molar-refractivity contribution in [2.45, 2.75) is 10.1 Å². The fraction of sp³-hybridized carbons (Fsp3) is 0.300. The van der Waals surface area contributed by atoms with Crippen LogP contribution in [0.1, 0.15) is 0 Å². The first-order chi connectivity index (χ1) is 8.00. The molecule has 1 aliphatic rings. The molecule has 7 heteroatoms. The Morgan fingerprint density at radius 1 is 1.47 bits per heavy atom. The number of amides is 1. The van der Waals surface area contributed by atoms with Crippen molar-refractivity contribution in [1.29, 1.82) is 0 Å². The fourth-order valence-electron chi connectivity index (χ4n) is 1.72. The number of benzene rings is 1. The summed E-state index contributed by atoms with van der Waals surface area (Å²) in [5, 5.41) is 1.29. The Balaban J connectivity index is 2.61. The van der Waals surface area contributed by atoms with Crippen LogP contribution >= 0.6 is 0 Å². The van der Waals surface area contributed by atoms with Gasteiger partial charge < -0.3 is 15.8 Å². The van der Waals surface area contributed by atoms with Gasteiger partial charge in [0.1, 0.15) is 5.75 Å². The van der Waals surface area contributed by atoms with Crippen LogP contribution in [-0.4, -0.2) is 33.2 Å². The molecular weight excluding hydrogens is 244 g/mol. The maximum absolute atomic E-state index is 12.1. The van der Waals surface area contributed by atoms with Crippen molar-refractivity contribution in [1.82, 2.24) is 0 Å². The Labute approximate surface area is 98.7 Å². The molecule has 17 heavy (non-hydrogen) atoms. The minimum Gasteiger partial charge on any atom is -0.497 e. The molecular formula is C10H12N2O4S. The van der Waals surface area contributed by atoms with Gasteiger partial charge >= 0.3 is 0 Å². The van der Waals surface area contributed by atoms with Crippen LogP contribution in [0.3, 0.4) is 0 Å². The summed E-state index contributed by atoms with van der Waals surface area (Å²) in [5.74, 6) is -0.126. The highest BCUT2D eigenvalue weighted by Crippen LogP contribution is 2.32. The zero-order valence-electron chi connectivity index (χ0n) is 9.14. The summed E-state index contributed by atoms with van der Waals surface area (Å²) in [5.41, 5.74) is 5.55. The number of methoxy groups -OCH3 is 1. The van der Waals surface area contributed by atoms with E-state index >= 15 is 0 Å². The quantitative estimate of drug-likeness (QED) is 0.760. The van der Waals surface area contributed by atoms with Crippen LogP contribution in [0.4, 0.5) is 5.69 Å². The highest BCUT2D eigenvalue weighted by atomic mass is 32.2. The Morgan fingerprint density at radius 3 is 2.76 bits per heavy atom. The van der Waals surface area contributed by atoms with Crippen molar-refractivity contribution < 1.29 is 17.9 Å². The maximum atomic E-state index is 12.1. The molecule has 1 aliphatic heterocycles. The van der Waals surface area contributed by atoms with Gasteiger partial charge in [-0.05, 0) is 12.1 Å². The van der Waals surface area contributed by atoms with Crippen LogP contribution in [0, 0.1) is 0 Å². The molecule has 0 bridgehead atoms. The van der Waals surface area contributed by atoms with Crippen LogP contribution in [0.25, 0.3) is 0 Å².